The third-order valence-corrected chi connectivity index (χ3v) is 2.30. The van der Waals surface area contributed by atoms with Crippen molar-refractivity contribution in [1.29, 1.82) is 0 Å². The van der Waals surface area contributed by atoms with Crippen molar-refractivity contribution in [2.75, 3.05) is 33.9 Å². The zero-order valence-electron chi connectivity index (χ0n) is 10.5. The minimum absolute atomic E-state index is 0.0650. The lowest BCUT2D eigenvalue weighted by Gasteiger charge is -2.25. The lowest BCUT2D eigenvalue weighted by molar-refractivity contribution is -0.125. The predicted molar refractivity (Wildman–Crippen MR) is 61.8 cm³/mol. The van der Waals surface area contributed by atoms with Crippen molar-refractivity contribution in [3.63, 3.8) is 0 Å². The first-order valence-corrected chi connectivity index (χ1v) is 5.46. The summed E-state index contributed by atoms with van der Waals surface area (Å²) >= 11 is 0. The summed E-state index contributed by atoms with van der Waals surface area (Å²) < 4.78 is 4.87. The van der Waals surface area contributed by atoms with Gasteiger partial charge in [0.15, 0.2) is 0 Å². The number of rotatable bonds is 7. The van der Waals surface area contributed by atoms with Gasteiger partial charge in [0, 0.05) is 20.2 Å². The largest absolute Gasteiger partial charge is 0.383 e. The number of carbonyl (C=O) groups excluding carboxylic acids is 1. The van der Waals surface area contributed by atoms with E-state index in [1.165, 1.54) is 0 Å². The molecular formula is C11H24N2O2. The van der Waals surface area contributed by atoms with E-state index in [2.05, 4.69) is 24.1 Å². The Bertz CT molecular complexity index is 183. The summed E-state index contributed by atoms with van der Waals surface area (Å²) in [5, 5.41) is 2.83. The molecule has 4 nitrogen and oxygen atoms in total. The predicted octanol–water partition coefficient (Wildman–Crippen LogP) is 0.725. The van der Waals surface area contributed by atoms with Gasteiger partial charge >= 0.3 is 0 Å². The van der Waals surface area contributed by atoms with Crippen LogP contribution >= 0.6 is 0 Å². The molecular weight excluding hydrogens is 192 g/mol. The van der Waals surface area contributed by atoms with Crippen molar-refractivity contribution in [3.05, 3.63) is 0 Å². The highest BCUT2D eigenvalue weighted by Crippen LogP contribution is 2.01. The Morgan fingerprint density at radius 2 is 2.00 bits per heavy atom. The molecule has 0 aromatic rings. The van der Waals surface area contributed by atoms with Gasteiger partial charge in [-0.3, -0.25) is 9.69 Å². The zero-order valence-corrected chi connectivity index (χ0v) is 10.5. The average Bonchev–Trinajstić information content (AvgIpc) is 2.15. The van der Waals surface area contributed by atoms with E-state index in [0.29, 0.717) is 19.1 Å². The maximum atomic E-state index is 11.6. The number of methoxy groups -OCH3 is 1. The summed E-state index contributed by atoms with van der Waals surface area (Å²) in [7, 11) is 3.60. The Kier molecular flexibility index (Phi) is 7.34. The van der Waals surface area contributed by atoms with Gasteiger partial charge in [0.2, 0.25) is 5.91 Å². The molecule has 0 aliphatic heterocycles. The molecule has 0 saturated carbocycles. The molecule has 0 bridgehead atoms. The van der Waals surface area contributed by atoms with Crippen LogP contribution in [0.25, 0.3) is 0 Å². The van der Waals surface area contributed by atoms with Crippen LogP contribution in [-0.4, -0.2) is 50.7 Å². The lowest BCUT2D eigenvalue weighted by Crippen LogP contribution is -2.45. The van der Waals surface area contributed by atoms with Crippen LogP contribution in [0.1, 0.15) is 20.8 Å². The summed E-state index contributed by atoms with van der Waals surface area (Å²) in [6, 6.07) is -0.0794. The number of carbonyl (C=O) groups is 1. The Morgan fingerprint density at radius 3 is 2.47 bits per heavy atom. The van der Waals surface area contributed by atoms with Crippen LogP contribution in [0.3, 0.4) is 0 Å². The van der Waals surface area contributed by atoms with Gasteiger partial charge in [-0.15, -0.1) is 0 Å². The van der Waals surface area contributed by atoms with Gasteiger partial charge in [-0.1, -0.05) is 13.8 Å². The molecule has 1 atom stereocenters. The lowest BCUT2D eigenvalue weighted by atomic mass is 10.2. The Balaban J connectivity index is 3.85. The number of amides is 1. The number of hydrogen-bond donors (Lipinski definition) is 1. The minimum Gasteiger partial charge on any atom is -0.383 e. The van der Waals surface area contributed by atoms with E-state index < -0.39 is 0 Å². The van der Waals surface area contributed by atoms with Crippen LogP contribution in [0.5, 0.6) is 0 Å². The van der Waals surface area contributed by atoms with Gasteiger partial charge in [-0.25, -0.2) is 0 Å². The Labute approximate surface area is 93.0 Å². The van der Waals surface area contributed by atoms with Crippen molar-refractivity contribution in [1.82, 2.24) is 10.2 Å². The Hall–Kier alpha value is -0.610. The van der Waals surface area contributed by atoms with Gasteiger partial charge in [-0.05, 0) is 19.9 Å². The van der Waals surface area contributed by atoms with Crippen molar-refractivity contribution < 1.29 is 9.53 Å². The molecule has 1 N–H and O–H groups in total. The van der Waals surface area contributed by atoms with Crippen LogP contribution < -0.4 is 5.32 Å². The van der Waals surface area contributed by atoms with E-state index in [-0.39, 0.29) is 11.9 Å². The summed E-state index contributed by atoms with van der Waals surface area (Å²) in [5.41, 5.74) is 0. The second kappa shape index (κ2) is 7.65. The number of likely N-dealkylation sites (N-methyl/N-ethyl adjacent to an activating group) is 1. The molecule has 1 amide bonds. The molecule has 0 saturated heterocycles. The van der Waals surface area contributed by atoms with Crippen LogP contribution in [0.15, 0.2) is 0 Å². The van der Waals surface area contributed by atoms with Gasteiger partial charge in [0.1, 0.15) is 0 Å². The molecule has 0 fully saturated rings. The fourth-order valence-corrected chi connectivity index (χ4v) is 1.36. The van der Waals surface area contributed by atoms with E-state index in [1.54, 1.807) is 7.11 Å². The summed E-state index contributed by atoms with van der Waals surface area (Å²) in [6.45, 7) is 8.28. The molecule has 90 valence electrons. The maximum absolute atomic E-state index is 11.6. The zero-order chi connectivity index (χ0) is 11.8. The van der Waals surface area contributed by atoms with Crippen LogP contribution in [0, 0.1) is 5.92 Å². The molecule has 0 rings (SSSR count). The summed E-state index contributed by atoms with van der Waals surface area (Å²) in [6.07, 6.45) is 0. The summed E-state index contributed by atoms with van der Waals surface area (Å²) in [4.78, 5) is 13.7. The molecule has 0 unspecified atom stereocenters. The third kappa shape index (κ3) is 6.47. The van der Waals surface area contributed by atoms with Gasteiger partial charge in [0.25, 0.3) is 0 Å². The number of ether oxygens (including phenoxy) is 1. The Morgan fingerprint density at radius 1 is 1.40 bits per heavy atom. The van der Waals surface area contributed by atoms with E-state index in [1.807, 2.05) is 14.0 Å². The molecule has 0 spiro atoms. The van der Waals surface area contributed by atoms with E-state index in [0.717, 1.165) is 6.54 Å². The van der Waals surface area contributed by atoms with Gasteiger partial charge in [0.05, 0.1) is 12.6 Å². The van der Waals surface area contributed by atoms with Crippen LogP contribution in [0.2, 0.25) is 0 Å². The molecule has 0 aromatic carbocycles. The molecule has 0 radical (unpaired) electrons. The average molecular weight is 216 g/mol. The number of nitrogens with zero attached hydrogens (tertiary/aromatic N) is 1. The van der Waals surface area contributed by atoms with E-state index in [4.69, 9.17) is 4.74 Å². The third-order valence-electron chi connectivity index (χ3n) is 2.30. The molecule has 0 aromatic heterocycles. The van der Waals surface area contributed by atoms with Crippen molar-refractivity contribution in [2.24, 2.45) is 5.92 Å². The van der Waals surface area contributed by atoms with E-state index >= 15 is 0 Å². The second-order valence-electron chi connectivity index (χ2n) is 4.29. The molecule has 0 heterocycles. The second-order valence-corrected chi connectivity index (χ2v) is 4.29. The monoisotopic (exact) mass is 216 g/mol. The molecule has 4 heteroatoms. The SMILES string of the molecule is COCCNC(=O)[C@@H](C)N(C)CC(C)C. The van der Waals surface area contributed by atoms with Gasteiger partial charge < -0.3 is 10.1 Å². The standard InChI is InChI=1S/C11H24N2O2/c1-9(2)8-13(4)10(3)11(14)12-6-7-15-5/h9-10H,6-8H2,1-5H3,(H,12,14)/t10-/m1/s1. The first kappa shape index (κ1) is 14.4. The highest BCUT2D eigenvalue weighted by molar-refractivity contribution is 5.81. The van der Waals surface area contributed by atoms with E-state index in [9.17, 15) is 4.79 Å². The number of hydrogen-bond acceptors (Lipinski definition) is 3. The topological polar surface area (TPSA) is 41.6 Å². The first-order valence-electron chi connectivity index (χ1n) is 5.46. The van der Waals surface area contributed by atoms with Crippen LogP contribution in [-0.2, 0) is 9.53 Å². The summed E-state index contributed by atoms with van der Waals surface area (Å²) in [5.74, 6) is 0.638. The molecule has 0 aliphatic carbocycles. The van der Waals surface area contributed by atoms with Crippen molar-refractivity contribution in [2.45, 2.75) is 26.8 Å². The van der Waals surface area contributed by atoms with Crippen molar-refractivity contribution in [3.8, 4) is 0 Å². The molecule has 0 aliphatic rings. The smallest absolute Gasteiger partial charge is 0.237 e. The van der Waals surface area contributed by atoms with Crippen LogP contribution in [0.4, 0.5) is 0 Å². The normalized spacial score (nSPS) is 13.3. The first-order chi connectivity index (χ1) is 6.99. The fourth-order valence-electron chi connectivity index (χ4n) is 1.36. The highest BCUT2D eigenvalue weighted by Gasteiger charge is 2.17. The number of nitrogens with one attached hydrogen (secondary N) is 1. The molecule has 15 heavy (non-hydrogen) atoms. The minimum atomic E-state index is -0.0794. The fraction of sp³-hybridized carbons (Fsp3) is 0.909. The maximum Gasteiger partial charge on any atom is 0.237 e. The quantitative estimate of drug-likeness (QED) is 0.638. The van der Waals surface area contributed by atoms with Crippen molar-refractivity contribution >= 4 is 5.91 Å². The highest BCUT2D eigenvalue weighted by atomic mass is 16.5. The van der Waals surface area contributed by atoms with Gasteiger partial charge in [-0.2, -0.15) is 0 Å².